The number of hydrogen-bond donors (Lipinski definition) is 1. The van der Waals surface area contributed by atoms with Gasteiger partial charge in [-0.2, -0.15) is 5.10 Å². The van der Waals surface area contributed by atoms with E-state index in [0.29, 0.717) is 12.1 Å². The van der Waals surface area contributed by atoms with Gasteiger partial charge in [0.05, 0.1) is 11.9 Å². The topological polar surface area (TPSA) is 55.1 Å². The molecule has 0 bridgehead atoms. The molecule has 6 nitrogen and oxygen atoms in total. The van der Waals surface area contributed by atoms with Crippen LogP contribution in [0.15, 0.2) is 55.0 Å². The molecule has 4 rings (SSSR count). The molecule has 146 valence electrons. The molecule has 1 saturated heterocycles. The number of rotatable bonds is 7. The zero-order valence-electron chi connectivity index (χ0n) is 16.3. The SMILES string of the molecule is Cc1cccc(-n2ncc(C(=O)NCCCN3CCCC3)c2-n2cccc2)c1. The Morgan fingerprint density at radius 2 is 1.93 bits per heavy atom. The molecule has 1 N–H and O–H groups in total. The summed E-state index contributed by atoms with van der Waals surface area (Å²) in [4.78, 5) is 15.3. The number of nitrogens with zero attached hydrogens (tertiary/aromatic N) is 4. The average molecular weight is 377 g/mol. The summed E-state index contributed by atoms with van der Waals surface area (Å²) in [5.74, 6) is 0.677. The molecule has 3 aromatic rings. The average Bonchev–Trinajstić information content (AvgIpc) is 3.46. The molecule has 0 saturated carbocycles. The van der Waals surface area contributed by atoms with Crippen molar-refractivity contribution in [1.29, 1.82) is 0 Å². The van der Waals surface area contributed by atoms with Crippen LogP contribution >= 0.6 is 0 Å². The highest BCUT2D eigenvalue weighted by Crippen LogP contribution is 2.20. The van der Waals surface area contributed by atoms with Crippen molar-refractivity contribution in [2.75, 3.05) is 26.2 Å². The number of aromatic nitrogens is 3. The Balaban J connectivity index is 1.52. The van der Waals surface area contributed by atoms with Crippen LogP contribution in [0.5, 0.6) is 0 Å². The highest BCUT2D eigenvalue weighted by molar-refractivity contribution is 5.97. The third-order valence-corrected chi connectivity index (χ3v) is 5.22. The molecule has 3 heterocycles. The van der Waals surface area contributed by atoms with E-state index in [1.807, 2.05) is 45.9 Å². The molecule has 1 aromatic carbocycles. The van der Waals surface area contributed by atoms with Gasteiger partial charge < -0.3 is 14.8 Å². The van der Waals surface area contributed by atoms with Gasteiger partial charge in [-0.25, -0.2) is 4.68 Å². The van der Waals surface area contributed by atoms with Crippen LogP contribution in [-0.2, 0) is 0 Å². The molecule has 2 aromatic heterocycles. The lowest BCUT2D eigenvalue weighted by Crippen LogP contribution is -2.29. The summed E-state index contributed by atoms with van der Waals surface area (Å²) in [5.41, 5.74) is 2.68. The third kappa shape index (κ3) is 4.02. The van der Waals surface area contributed by atoms with Crippen molar-refractivity contribution in [3.8, 4) is 11.5 Å². The van der Waals surface area contributed by atoms with Crippen molar-refractivity contribution in [2.45, 2.75) is 26.2 Å². The van der Waals surface area contributed by atoms with E-state index in [1.165, 1.54) is 25.9 Å². The fourth-order valence-corrected chi connectivity index (χ4v) is 3.78. The molecule has 28 heavy (non-hydrogen) atoms. The molecular weight excluding hydrogens is 350 g/mol. The Morgan fingerprint density at radius 1 is 1.14 bits per heavy atom. The lowest BCUT2D eigenvalue weighted by molar-refractivity contribution is 0.0952. The number of carbonyl (C=O) groups excluding carboxylic acids is 1. The molecule has 1 amide bonds. The predicted molar refractivity (Wildman–Crippen MR) is 110 cm³/mol. The minimum Gasteiger partial charge on any atom is -0.352 e. The number of benzene rings is 1. The second-order valence-corrected chi connectivity index (χ2v) is 7.38. The van der Waals surface area contributed by atoms with E-state index in [9.17, 15) is 4.79 Å². The van der Waals surface area contributed by atoms with E-state index in [-0.39, 0.29) is 5.91 Å². The molecule has 1 aliphatic heterocycles. The van der Waals surface area contributed by atoms with Crippen molar-refractivity contribution in [3.63, 3.8) is 0 Å². The molecule has 0 spiro atoms. The number of likely N-dealkylation sites (tertiary alicyclic amines) is 1. The van der Waals surface area contributed by atoms with Crippen LogP contribution in [0.4, 0.5) is 0 Å². The van der Waals surface area contributed by atoms with Crippen molar-refractivity contribution in [3.05, 3.63) is 66.1 Å². The van der Waals surface area contributed by atoms with Crippen molar-refractivity contribution in [2.24, 2.45) is 0 Å². The first-order chi connectivity index (χ1) is 13.7. The zero-order chi connectivity index (χ0) is 19.3. The second-order valence-electron chi connectivity index (χ2n) is 7.38. The molecular formula is C22H27N5O. The van der Waals surface area contributed by atoms with Crippen molar-refractivity contribution < 1.29 is 4.79 Å². The first-order valence-electron chi connectivity index (χ1n) is 10.0. The Hall–Kier alpha value is -2.86. The molecule has 0 unspecified atom stereocenters. The molecule has 6 heteroatoms. The zero-order valence-corrected chi connectivity index (χ0v) is 16.3. The van der Waals surface area contributed by atoms with Crippen LogP contribution in [0.25, 0.3) is 11.5 Å². The maximum absolute atomic E-state index is 12.9. The molecule has 0 atom stereocenters. The molecule has 0 radical (unpaired) electrons. The van der Waals surface area contributed by atoms with Gasteiger partial charge in [-0.05, 0) is 75.6 Å². The maximum Gasteiger partial charge on any atom is 0.256 e. The van der Waals surface area contributed by atoms with Crippen LogP contribution in [-0.4, -0.2) is 51.3 Å². The van der Waals surface area contributed by atoms with E-state index >= 15 is 0 Å². The Bertz CT molecular complexity index is 922. The molecule has 1 fully saturated rings. The van der Waals surface area contributed by atoms with Gasteiger partial charge in [0.2, 0.25) is 0 Å². The van der Waals surface area contributed by atoms with Gasteiger partial charge in [0.1, 0.15) is 5.56 Å². The Kier molecular flexibility index (Phi) is 5.58. The number of nitrogens with one attached hydrogen (secondary N) is 1. The maximum atomic E-state index is 12.9. The van der Waals surface area contributed by atoms with Crippen LogP contribution in [0.1, 0.15) is 35.2 Å². The van der Waals surface area contributed by atoms with Crippen LogP contribution in [0.2, 0.25) is 0 Å². The van der Waals surface area contributed by atoms with Gasteiger partial charge in [0, 0.05) is 18.9 Å². The summed E-state index contributed by atoms with van der Waals surface area (Å²) in [5, 5.41) is 7.59. The van der Waals surface area contributed by atoms with E-state index < -0.39 is 0 Å². The monoisotopic (exact) mass is 377 g/mol. The summed E-state index contributed by atoms with van der Waals surface area (Å²) >= 11 is 0. The standard InChI is InChI=1S/C22H27N5O/c1-18-8-6-9-19(16-18)27-22(26-14-4-5-15-26)20(17-24-27)21(28)23-10-7-13-25-11-2-3-12-25/h4-6,8-9,14-17H,2-3,7,10-13H2,1H3,(H,23,28). The number of hydrogen-bond acceptors (Lipinski definition) is 3. The minimum atomic E-state index is -0.0796. The van der Waals surface area contributed by atoms with E-state index in [2.05, 4.69) is 34.4 Å². The summed E-state index contributed by atoms with van der Waals surface area (Å²) < 4.78 is 3.76. The van der Waals surface area contributed by atoms with Crippen LogP contribution in [0.3, 0.4) is 0 Å². The Labute approximate surface area is 165 Å². The first-order valence-corrected chi connectivity index (χ1v) is 10.0. The number of aryl methyl sites for hydroxylation is 1. The van der Waals surface area contributed by atoms with Gasteiger partial charge in [-0.15, -0.1) is 0 Å². The largest absolute Gasteiger partial charge is 0.352 e. The van der Waals surface area contributed by atoms with Crippen molar-refractivity contribution >= 4 is 5.91 Å². The predicted octanol–water partition coefficient (Wildman–Crippen LogP) is 3.19. The highest BCUT2D eigenvalue weighted by Gasteiger charge is 2.20. The van der Waals surface area contributed by atoms with Gasteiger partial charge in [-0.1, -0.05) is 12.1 Å². The number of amides is 1. The highest BCUT2D eigenvalue weighted by atomic mass is 16.1. The third-order valence-electron chi connectivity index (χ3n) is 5.22. The fraction of sp³-hybridized carbons (Fsp3) is 0.364. The van der Waals surface area contributed by atoms with E-state index in [0.717, 1.165) is 30.0 Å². The van der Waals surface area contributed by atoms with E-state index in [4.69, 9.17) is 0 Å². The molecule has 0 aliphatic carbocycles. The lowest BCUT2D eigenvalue weighted by atomic mass is 10.2. The summed E-state index contributed by atoms with van der Waals surface area (Å²) in [6.45, 7) is 6.16. The smallest absolute Gasteiger partial charge is 0.256 e. The summed E-state index contributed by atoms with van der Waals surface area (Å²) in [7, 11) is 0. The Morgan fingerprint density at radius 3 is 2.68 bits per heavy atom. The second kappa shape index (κ2) is 8.44. The quantitative estimate of drug-likeness (QED) is 0.644. The van der Waals surface area contributed by atoms with Crippen LogP contribution < -0.4 is 5.32 Å². The number of carbonyl (C=O) groups is 1. The van der Waals surface area contributed by atoms with Gasteiger partial charge in [0.25, 0.3) is 5.91 Å². The van der Waals surface area contributed by atoms with Gasteiger partial charge in [-0.3, -0.25) is 4.79 Å². The summed E-state index contributed by atoms with van der Waals surface area (Å²) in [6, 6.07) is 12.0. The van der Waals surface area contributed by atoms with Gasteiger partial charge in [0.15, 0.2) is 5.82 Å². The minimum absolute atomic E-state index is 0.0796. The van der Waals surface area contributed by atoms with E-state index in [1.54, 1.807) is 6.20 Å². The molecule has 1 aliphatic rings. The van der Waals surface area contributed by atoms with Gasteiger partial charge >= 0.3 is 0 Å². The van der Waals surface area contributed by atoms with Crippen molar-refractivity contribution in [1.82, 2.24) is 24.6 Å². The first kappa shape index (κ1) is 18.5. The normalized spacial score (nSPS) is 14.5. The lowest BCUT2D eigenvalue weighted by Gasteiger charge is -2.14. The van der Waals surface area contributed by atoms with Crippen LogP contribution in [0, 0.1) is 6.92 Å². The fourth-order valence-electron chi connectivity index (χ4n) is 3.78. The summed E-state index contributed by atoms with van der Waals surface area (Å²) in [6.07, 6.45) is 9.10.